The molecule has 0 aromatic heterocycles. The molecule has 0 aliphatic heterocycles. The molecule has 0 spiro atoms. The highest BCUT2D eigenvalue weighted by molar-refractivity contribution is 7.48. The summed E-state index contributed by atoms with van der Waals surface area (Å²) in [6, 6.07) is 22.2. The van der Waals surface area contributed by atoms with E-state index in [-0.39, 0.29) is 5.75 Å². The number of phosphoric ester groups is 1. The molecular formula is C22H21O4P. The summed E-state index contributed by atoms with van der Waals surface area (Å²) < 4.78 is 22.6. The van der Waals surface area contributed by atoms with Crippen LogP contribution in [0.4, 0.5) is 0 Å². The van der Waals surface area contributed by atoms with Crippen molar-refractivity contribution in [3.63, 3.8) is 0 Å². The molecule has 0 heterocycles. The minimum atomic E-state index is -4.27. The van der Waals surface area contributed by atoms with Gasteiger partial charge in [0.1, 0.15) is 11.5 Å². The van der Waals surface area contributed by atoms with Crippen molar-refractivity contribution in [1.29, 1.82) is 0 Å². The van der Waals surface area contributed by atoms with Crippen LogP contribution in [0.5, 0.6) is 11.5 Å². The SMILES string of the molecule is Cc1cc(C)cc(OP(=O)(O)Oc2ccc(C=Cc3ccccc3)cc2)c1. The van der Waals surface area contributed by atoms with Gasteiger partial charge in [0.15, 0.2) is 0 Å². The zero-order valence-electron chi connectivity index (χ0n) is 15.2. The van der Waals surface area contributed by atoms with E-state index in [0.717, 1.165) is 22.3 Å². The molecule has 1 N–H and O–H groups in total. The van der Waals surface area contributed by atoms with E-state index in [0.29, 0.717) is 5.75 Å². The molecule has 4 nitrogen and oxygen atoms in total. The average molecular weight is 380 g/mol. The van der Waals surface area contributed by atoms with E-state index < -0.39 is 7.82 Å². The highest BCUT2D eigenvalue weighted by atomic mass is 31.2. The topological polar surface area (TPSA) is 55.8 Å². The van der Waals surface area contributed by atoms with Crippen LogP contribution in [0, 0.1) is 13.8 Å². The van der Waals surface area contributed by atoms with Crippen LogP contribution in [0.1, 0.15) is 22.3 Å². The van der Waals surface area contributed by atoms with Gasteiger partial charge >= 0.3 is 7.82 Å². The molecular weight excluding hydrogens is 359 g/mol. The molecule has 5 heteroatoms. The van der Waals surface area contributed by atoms with Crippen molar-refractivity contribution in [3.05, 3.63) is 95.1 Å². The second-order valence-corrected chi connectivity index (χ2v) is 7.59. The molecule has 27 heavy (non-hydrogen) atoms. The minimum absolute atomic E-state index is 0.266. The van der Waals surface area contributed by atoms with Gasteiger partial charge in [0.2, 0.25) is 0 Å². The van der Waals surface area contributed by atoms with Crippen molar-refractivity contribution in [3.8, 4) is 11.5 Å². The van der Waals surface area contributed by atoms with E-state index in [1.54, 1.807) is 24.3 Å². The molecule has 0 fully saturated rings. The molecule has 0 bridgehead atoms. The van der Waals surface area contributed by atoms with Gasteiger partial charge in [-0.1, -0.05) is 60.7 Å². The van der Waals surface area contributed by atoms with E-state index in [1.165, 1.54) is 0 Å². The van der Waals surface area contributed by atoms with Crippen LogP contribution in [0.3, 0.4) is 0 Å². The van der Waals surface area contributed by atoms with Crippen LogP contribution in [-0.2, 0) is 4.57 Å². The average Bonchev–Trinajstić information content (AvgIpc) is 2.60. The van der Waals surface area contributed by atoms with E-state index in [2.05, 4.69) is 0 Å². The molecule has 3 aromatic carbocycles. The summed E-state index contributed by atoms with van der Waals surface area (Å²) in [6.45, 7) is 3.79. The standard InChI is InChI=1S/C22H21O4P/c1-17-14-18(2)16-22(15-17)26-27(23,24)25-21-12-10-20(11-13-21)9-8-19-6-4-3-5-7-19/h3-16H,1-2H3,(H,23,24). The Balaban J connectivity index is 1.66. The van der Waals surface area contributed by atoms with E-state index in [1.807, 2.05) is 74.5 Å². The molecule has 0 saturated carbocycles. The first kappa shape index (κ1) is 19.0. The van der Waals surface area contributed by atoms with Crippen LogP contribution >= 0.6 is 7.82 Å². The molecule has 0 aliphatic rings. The van der Waals surface area contributed by atoms with Crippen LogP contribution in [0.25, 0.3) is 12.2 Å². The Hall–Kier alpha value is -2.81. The van der Waals surface area contributed by atoms with Crippen molar-refractivity contribution in [2.75, 3.05) is 0 Å². The third kappa shape index (κ3) is 5.85. The Kier molecular flexibility index (Phi) is 5.80. The Morgan fingerprint density at radius 1 is 0.741 bits per heavy atom. The normalized spacial score (nSPS) is 13.3. The first-order valence-corrected chi connectivity index (χ1v) is 10.0. The molecule has 3 rings (SSSR count). The summed E-state index contributed by atoms with van der Waals surface area (Å²) in [6.07, 6.45) is 3.96. The largest absolute Gasteiger partial charge is 0.584 e. The lowest BCUT2D eigenvalue weighted by Crippen LogP contribution is -2.00. The monoisotopic (exact) mass is 380 g/mol. The molecule has 1 atom stereocenters. The number of hydrogen-bond acceptors (Lipinski definition) is 3. The van der Waals surface area contributed by atoms with Crippen LogP contribution < -0.4 is 9.05 Å². The molecule has 138 valence electrons. The van der Waals surface area contributed by atoms with Crippen molar-refractivity contribution in [2.24, 2.45) is 0 Å². The summed E-state index contributed by atoms with van der Waals surface area (Å²) in [7, 11) is -4.27. The Labute approximate surface area is 159 Å². The number of phosphoric acid groups is 1. The van der Waals surface area contributed by atoms with Gasteiger partial charge in [-0.05, 0) is 60.4 Å². The first-order chi connectivity index (χ1) is 12.9. The van der Waals surface area contributed by atoms with Gasteiger partial charge in [-0.25, -0.2) is 4.57 Å². The number of hydrogen-bond donors (Lipinski definition) is 1. The van der Waals surface area contributed by atoms with Crippen LogP contribution in [0.2, 0.25) is 0 Å². The maximum Gasteiger partial charge on any atom is 0.584 e. The second-order valence-electron chi connectivity index (χ2n) is 6.29. The Bertz CT molecular complexity index is 959. The molecule has 0 radical (unpaired) electrons. The fraction of sp³-hybridized carbons (Fsp3) is 0.0909. The zero-order valence-corrected chi connectivity index (χ0v) is 16.1. The third-order valence-electron chi connectivity index (χ3n) is 3.78. The van der Waals surface area contributed by atoms with Gasteiger partial charge < -0.3 is 9.05 Å². The van der Waals surface area contributed by atoms with Crippen molar-refractivity contribution >= 4 is 20.0 Å². The van der Waals surface area contributed by atoms with Crippen molar-refractivity contribution in [2.45, 2.75) is 13.8 Å². The first-order valence-electron chi connectivity index (χ1n) is 8.53. The zero-order chi connectivity index (χ0) is 19.3. The van der Waals surface area contributed by atoms with E-state index in [4.69, 9.17) is 9.05 Å². The minimum Gasteiger partial charge on any atom is -0.395 e. The van der Waals surface area contributed by atoms with Crippen LogP contribution in [-0.4, -0.2) is 4.89 Å². The summed E-state index contributed by atoms with van der Waals surface area (Å²) in [5, 5.41) is 0. The van der Waals surface area contributed by atoms with Crippen LogP contribution in [0.15, 0.2) is 72.8 Å². The summed E-state index contributed by atoms with van der Waals surface area (Å²) >= 11 is 0. The van der Waals surface area contributed by atoms with Crippen molar-refractivity contribution in [1.82, 2.24) is 0 Å². The van der Waals surface area contributed by atoms with E-state index >= 15 is 0 Å². The lowest BCUT2D eigenvalue weighted by Gasteiger charge is -2.14. The Morgan fingerprint density at radius 3 is 1.85 bits per heavy atom. The lowest BCUT2D eigenvalue weighted by atomic mass is 10.1. The smallest absolute Gasteiger partial charge is 0.395 e. The van der Waals surface area contributed by atoms with E-state index in [9.17, 15) is 9.46 Å². The highest BCUT2D eigenvalue weighted by Crippen LogP contribution is 2.44. The molecule has 1 unspecified atom stereocenters. The van der Waals surface area contributed by atoms with Gasteiger partial charge in [-0.15, -0.1) is 0 Å². The third-order valence-corrected chi connectivity index (χ3v) is 4.67. The predicted molar refractivity (Wildman–Crippen MR) is 109 cm³/mol. The number of rotatable bonds is 6. The number of aryl methyl sites for hydroxylation is 2. The van der Waals surface area contributed by atoms with Gasteiger partial charge in [-0.2, -0.15) is 0 Å². The maximum absolute atomic E-state index is 12.3. The maximum atomic E-state index is 12.3. The second kappa shape index (κ2) is 8.26. The summed E-state index contributed by atoms with van der Waals surface area (Å²) in [5.41, 5.74) is 3.94. The van der Waals surface area contributed by atoms with Gasteiger partial charge in [0.05, 0.1) is 0 Å². The summed E-state index contributed by atoms with van der Waals surface area (Å²) in [4.78, 5) is 10.0. The van der Waals surface area contributed by atoms with Crippen molar-refractivity contribution < 1.29 is 18.5 Å². The highest BCUT2D eigenvalue weighted by Gasteiger charge is 2.25. The fourth-order valence-corrected chi connectivity index (χ4v) is 3.46. The number of benzene rings is 3. The molecule has 3 aromatic rings. The molecule has 0 aliphatic carbocycles. The quantitative estimate of drug-likeness (QED) is 0.419. The summed E-state index contributed by atoms with van der Waals surface area (Å²) in [5.74, 6) is 0.572. The molecule has 0 saturated heterocycles. The predicted octanol–water partition coefficient (Wildman–Crippen LogP) is 6.03. The Morgan fingerprint density at radius 2 is 1.26 bits per heavy atom. The van der Waals surface area contributed by atoms with Gasteiger partial charge in [0.25, 0.3) is 0 Å². The van der Waals surface area contributed by atoms with Gasteiger partial charge in [0, 0.05) is 0 Å². The van der Waals surface area contributed by atoms with Gasteiger partial charge in [-0.3, -0.25) is 4.89 Å². The lowest BCUT2D eigenvalue weighted by molar-refractivity contribution is 0.291. The fourth-order valence-electron chi connectivity index (χ4n) is 2.67. The molecule has 0 amide bonds.